The number of nitrogens with two attached hydrogens (primary N) is 1. The summed E-state index contributed by atoms with van der Waals surface area (Å²) in [5, 5.41) is 0. The summed E-state index contributed by atoms with van der Waals surface area (Å²) in [6.45, 7) is 4.00. The minimum Gasteiger partial charge on any atom is -0.398 e. The summed E-state index contributed by atoms with van der Waals surface area (Å²) >= 11 is 0. The second-order valence-corrected chi connectivity index (χ2v) is 6.66. The van der Waals surface area contributed by atoms with Crippen molar-refractivity contribution in [2.24, 2.45) is 0 Å². The van der Waals surface area contributed by atoms with Crippen LogP contribution in [0.4, 0.5) is 15.8 Å². The Bertz CT molecular complexity index is 738. The number of nitrogen functional groups attached to an aromatic ring is 1. The van der Waals surface area contributed by atoms with Gasteiger partial charge in [-0.15, -0.1) is 0 Å². The number of hydrogen-bond acceptors (Lipinski definition) is 3. The summed E-state index contributed by atoms with van der Waals surface area (Å²) in [4.78, 5) is -0.528. The first-order chi connectivity index (χ1) is 9.81. The van der Waals surface area contributed by atoms with Crippen molar-refractivity contribution < 1.29 is 12.8 Å². The van der Waals surface area contributed by atoms with E-state index in [4.69, 9.17) is 5.73 Å². The lowest BCUT2D eigenvalue weighted by Gasteiger charge is -2.12. The maximum Gasteiger partial charge on any atom is 0.266 e. The summed E-state index contributed by atoms with van der Waals surface area (Å²) in [6, 6.07) is 10.8. The highest BCUT2D eigenvalue weighted by Gasteiger charge is 2.22. The molecule has 112 valence electrons. The highest BCUT2D eigenvalue weighted by Crippen LogP contribution is 2.25. The summed E-state index contributed by atoms with van der Waals surface area (Å²) < 4.78 is 40.7. The van der Waals surface area contributed by atoms with Gasteiger partial charge in [0.25, 0.3) is 10.0 Å². The van der Waals surface area contributed by atoms with Gasteiger partial charge in [0.15, 0.2) is 0 Å². The van der Waals surface area contributed by atoms with Crippen LogP contribution in [-0.4, -0.2) is 8.42 Å². The number of sulfonamides is 1. The number of rotatable bonds is 4. The lowest BCUT2D eigenvalue weighted by Crippen LogP contribution is -2.16. The van der Waals surface area contributed by atoms with Gasteiger partial charge in [-0.25, -0.2) is 12.8 Å². The molecule has 0 fully saturated rings. The Balaban J connectivity index is 2.40. The van der Waals surface area contributed by atoms with E-state index < -0.39 is 20.7 Å². The van der Waals surface area contributed by atoms with E-state index >= 15 is 0 Å². The van der Waals surface area contributed by atoms with E-state index in [0.717, 1.165) is 11.6 Å². The van der Waals surface area contributed by atoms with Gasteiger partial charge in [0.05, 0.1) is 5.69 Å². The molecule has 0 bridgehead atoms. The van der Waals surface area contributed by atoms with Crippen LogP contribution in [0.5, 0.6) is 0 Å². The standard InChI is InChI=1S/C15H17FN2O2S/c1-10(2)11-5-3-6-12(9-11)18-21(19,20)15-13(16)7-4-8-14(15)17/h3-10,18H,17H2,1-2H3. The molecule has 0 atom stereocenters. The van der Waals surface area contributed by atoms with Crippen LogP contribution in [0.1, 0.15) is 25.3 Å². The molecule has 6 heteroatoms. The van der Waals surface area contributed by atoms with Crippen molar-refractivity contribution in [2.75, 3.05) is 10.5 Å². The number of anilines is 2. The van der Waals surface area contributed by atoms with Crippen LogP contribution in [0.25, 0.3) is 0 Å². The van der Waals surface area contributed by atoms with E-state index in [-0.39, 0.29) is 11.6 Å². The van der Waals surface area contributed by atoms with Crippen LogP contribution in [0.3, 0.4) is 0 Å². The largest absolute Gasteiger partial charge is 0.398 e. The zero-order valence-corrected chi connectivity index (χ0v) is 12.6. The minimum atomic E-state index is -4.07. The number of nitrogens with one attached hydrogen (secondary N) is 1. The lowest BCUT2D eigenvalue weighted by atomic mass is 10.0. The third-order valence-corrected chi connectivity index (χ3v) is 4.54. The molecule has 0 radical (unpaired) electrons. The van der Waals surface area contributed by atoms with Gasteiger partial charge < -0.3 is 5.73 Å². The third kappa shape index (κ3) is 3.33. The molecule has 0 aliphatic heterocycles. The van der Waals surface area contributed by atoms with Crippen LogP contribution in [0, 0.1) is 5.82 Å². The van der Waals surface area contributed by atoms with E-state index in [0.29, 0.717) is 5.69 Å². The quantitative estimate of drug-likeness (QED) is 0.851. The van der Waals surface area contributed by atoms with Crippen LogP contribution in [0.15, 0.2) is 47.4 Å². The van der Waals surface area contributed by atoms with Crippen molar-refractivity contribution in [3.63, 3.8) is 0 Å². The maximum atomic E-state index is 13.8. The molecule has 2 aromatic carbocycles. The Kier molecular flexibility index (Phi) is 4.18. The number of halogens is 1. The molecule has 4 nitrogen and oxygen atoms in total. The minimum absolute atomic E-state index is 0.123. The van der Waals surface area contributed by atoms with Gasteiger partial charge in [0.1, 0.15) is 10.7 Å². The Morgan fingerprint density at radius 1 is 1.14 bits per heavy atom. The highest BCUT2D eigenvalue weighted by molar-refractivity contribution is 7.92. The van der Waals surface area contributed by atoms with E-state index in [1.807, 2.05) is 19.9 Å². The molecule has 0 aromatic heterocycles. The molecule has 2 rings (SSSR count). The van der Waals surface area contributed by atoms with Gasteiger partial charge >= 0.3 is 0 Å². The zero-order chi connectivity index (χ0) is 15.6. The molecule has 0 saturated heterocycles. The number of benzene rings is 2. The van der Waals surface area contributed by atoms with Crippen molar-refractivity contribution in [2.45, 2.75) is 24.7 Å². The molecule has 0 unspecified atom stereocenters. The molecule has 0 saturated carbocycles. The highest BCUT2D eigenvalue weighted by atomic mass is 32.2. The summed E-state index contributed by atoms with van der Waals surface area (Å²) in [7, 11) is -4.07. The van der Waals surface area contributed by atoms with Gasteiger partial charge in [0, 0.05) is 5.69 Å². The maximum absolute atomic E-state index is 13.8. The first-order valence-electron chi connectivity index (χ1n) is 6.48. The van der Waals surface area contributed by atoms with Crippen molar-refractivity contribution in [3.05, 3.63) is 53.8 Å². The molecule has 2 aromatic rings. The molecule has 0 aliphatic rings. The van der Waals surface area contributed by atoms with Crippen LogP contribution in [-0.2, 0) is 10.0 Å². The smallest absolute Gasteiger partial charge is 0.266 e. The second-order valence-electron chi connectivity index (χ2n) is 5.04. The first kappa shape index (κ1) is 15.3. The van der Waals surface area contributed by atoms with Crippen LogP contribution < -0.4 is 10.5 Å². The molecular weight excluding hydrogens is 291 g/mol. The van der Waals surface area contributed by atoms with Gasteiger partial charge in [-0.3, -0.25) is 4.72 Å². The van der Waals surface area contributed by atoms with Gasteiger partial charge in [-0.1, -0.05) is 32.0 Å². The molecule has 3 N–H and O–H groups in total. The summed E-state index contributed by atoms with van der Waals surface area (Å²) in [6.07, 6.45) is 0. The van der Waals surface area contributed by atoms with Crippen molar-refractivity contribution in [1.82, 2.24) is 0 Å². The van der Waals surface area contributed by atoms with Crippen molar-refractivity contribution in [3.8, 4) is 0 Å². The normalized spacial score (nSPS) is 11.6. The van der Waals surface area contributed by atoms with Crippen molar-refractivity contribution in [1.29, 1.82) is 0 Å². The van der Waals surface area contributed by atoms with E-state index in [1.165, 1.54) is 12.1 Å². The summed E-state index contributed by atoms with van der Waals surface area (Å²) in [5.41, 5.74) is 6.82. The third-order valence-electron chi connectivity index (χ3n) is 3.07. The molecule has 0 aliphatic carbocycles. The number of hydrogen-bond donors (Lipinski definition) is 2. The zero-order valence-electron chi connectivity index (χ0n) is 11.8. The van der Waals surface area contributed by atoms with E-state index in [9.17, 15) is 12.8 Å². The average Bonchev–Trinajstić information content (AvgIpc) is 2.37. The Labute approximate surface area is 123 Å². The van der Waals surface area contributed by atoms with Gasteiger partial charge in [-0.2, -0.15) is 0 Å². The fraction of sp³-hybridized carbons (Fsp3) is 0.200. The molecule has 0 heterocycles. The average molecular weight is 308 g/mol. The lowest BCUT2D eigenvalue weighted by molar-refractivity contribution is 0.572. The van der Waals surface area contributed by atoms with Gasteiger partial charge in [0.2, 0.25) is 0 Å². The Morgan fingerprint density at radius 3 is 2.43 bits per heavy atom. The first-order valence-corrected chi connectivity index (χ1v) is 7.96. The molecule has 0 amide bonds. The van der Waals surface area contributed by atoms with Crippen LogP contribution in [0.2, 0.25) is 0 Å². The fourth-order valence-electron chi connectivity index (χ4n) is 1.98. The Hall–Kier alpha value is -2.08. The van der Waals surface area contributed by atoms with E-state index in [2.05, 4.69) is 4.72 Å². The fourth-order valence-corrected chi connectivity index (χ4v) is 3.22. The molecular formula is C15H17FN2O2S. The van der Waals surface area contributed by atoms with Gasteiger partial charge in [-0.05, 0) is 35.7 Å². The monoisotopic (exact) mass is 308 g/mol. The van der Waals surface area contributed by atoms with Crippen molar-refractivity contribution >= 4 is 21.4 Å². The SMILES string of the molecule is CC(C)c1cccc(NS(=O)(=O)c2c(N)cccc2F)c1. The molecule has 0 spiro atoms. The topological polar surface area (TPSA) is 72.2 Å². The predicted molar refractivity (Wildman–Crippen MR) is 82.2 cm³/mol. The van der Waals surface area contributed by atoms with Crippen LogP contribution >= 0.6 is 0 Å². The molecule has 21 heavy (non-hydrogen) atoms. The predicted octanol–water partition coefficient (Wildman–Crippen LogP) is 3.33. The van der Waals surface area contributed by atoms with E-state index in [1.54, 1.807) is 18.2 Å². The summed E-state index contributed by atoms with van der Waals surface area (Å²) in [5.74, 6) is -0.615. The Morgan fingerprint density at radius 2 is 1.81 bits per heavy atom. The second kappa shape index (κ2) is 5.73.